The minimum atomic E-state index is -4.49. The number of alkyl halides is 4. The Hall–Kier alpha value is -0.780. The molecule has 33 heavy (non-hydrogen) atoms. The van der Waals surface area contributed by atoms with E-state index in [1.807, 2.05) is 55.5 Å². The molecular weight excluding hydrogens is 589 g/mol. The lowest BCUT2D eigenvalue weighted by Crippen LogP contribution is -2.32. The molecule has 0 amide bonds. The van der Waals surface area contributed by atoms with Crippen LogP contribution in [0.15, 0.2) is 41.3 Å². The summed E-state index contributed by atoms with van der Waals surface area (Å²) in [6.07, 6.45) is -4.49. The largest absolute Gasteiger partial charge is 0.416 e. The first-order chi connectivity index (χ1) is 15.3. The molecule has 0 saturated heterocycles. The third-order valence-electron chi connectivity index (χ3n) is 4.82. The van der Waals surface area contributed by atoms with Crippen molar-refractivity contribution >= 4 is 41.2 Å². The maximum absolute atomic E-state index is 13.5. The van der Waals surface area contributed by atoms with Crippen LogP contribution in [0.4, 0.5) is 13.2 Å². The van der Waals surface area contributed by atoms with E-state index in [1.54, 1.807) is 13.8 Å². The van der Waals surface area contributed by atoms with E-state index < -0.39 is 40.0 Å². The number of rotatable bonds is 10. The fourth-order valence-electron chi connectivity index (χ4n) is 3.52. The van der Waals surface area contributed by atoms with Crippen LogP contribution in [-0.2, 0) is 30.8 Å². The molecule has 184 valence electrons. The third kappa shape index (κ3) is 7.11. The van der Waals surface area contributed by atoms with Gasteiger partial charge in [-0.05, 0) is 63.4 Å². The third-order valence-corrected chi connectivity index (χ3v) is 11.2. The zero-order chi connectivity index (χ0) is 25.0. The van der Waals surface area contributed by atoms with Crippen molar-refractivity contribution in [1.29, 1.82) is 0 Å². The standard InChI is InChI=1S/C22H28F3INO4PS/c1-6-30-32(28,31-7-2)21(26)19(17-8-10-18(11-9-17)22(23,24)25)27-33(29)20-15(4)12-14(3)13-16(20)5/h8-13,19,21,27H,6-7H2,1-5H3/t19-,21?,33+/m1/s1. The van der Waals surface area contributed by atoms with E-state index in [2.05, 4.69) is 4.72 Å². The lowest BCUT2D eigenvalue weighted by Gasteiger charge is -2.30. The summed E-state index contributed by atoms with van der Waals surface area (Å²) in [4.78, 5) is 0.573. The second-order valence-corrected chi connectivity index (χ2v) is 13.1. The normalized spacial score (nSPS) is 15.3. The van der Waals surface area contributed by atoms with E-state index in [0.29, 0.717) is 10.5 Å². The van der Waals surface area contributed by atoms with Crippen molar-refractivity contribution in [3.63, 3.8) is 0 Å². The van der Waals surface area contributed by atoms with Gasteiger partial charge >= 0.3 is 13.8 Å². The van der Waals surface area contributed by atoms with Crippen LogP contribution in [0, 0.1) is 20.8 Å². The first kappa shape index (κ1) is 28.5. The van der Waals surface area contributed by atoms with Crippen molar-refractivity contribution in [3.8, 4) is 0 Å². The smallest absolute Gasteiger partial charge is 0.308 e. The predicted octanol–water partition coefficient (Wildman–Crippen LogP) is 7.01. The lowest BCUT2D eigenvalue weighted by molar-refractivity contribution is -0.137. The number of hydrogen-bond donors (Lipinski definition) is 1. The second kappa shape index (κ2) is 11.8. The van der Waals surface area contributed by atoms with Crippen molar-refractivity contribution < 1.29 is 31.0 Å². The molecule has 3 atom stereocenters. The molecule has 1 N–H and O–H groups in total. The molecule has 2 aromatic carbocycles. The van der Waals surface area contributed by atoms with Crippen LogP contribution in [0.3, 0.4) is 0 Å². The van der Waals surface area contributed by atoms with Crippen LogP contribution < -0.4 is 4.72 Å². The predicted molar refractivity (Wildman–Crippen MR) is 133 cm³/mol. The number of nitrogens with one attached hydrogen (secondary N) is 1. The first-order valence-electron chi connectivity index (χ1n) is 10.3. The Balaban J connectivity index is 2.53. The molecule has 5 nitrogen and oxygen atoms in total. The highest BCUT2D eigenvalue weighted by Crippen LogP contribution is 2.59. The Labute approximate surface area is 209 Å². The van der Waals surface area contributed by atoms with Gasteiger partial charge in [-0.25, -0.2) is 8.93 Å². The highest BCUT2D eigenvalue weighted by molar-refractivity contribution is 14.1. The van der Waals surface area contributed by atoms with Gasteiger partial charge < -0.3 is 9.05 Å². The molecule has 2 rings (SSSR count). The zero-order valence-corrected chi connectivity index (χ0v) is 22.9. The van der Waals surface area contributed by atoms with E-state index in [-0.39, 0.29) is 13.2 Å². The molecule has 0 heterocycles. The van der Waals surface area contributed by atoms with Gasteiger partial charge in [0.2, 0.25) is 0 Å². The number of benzene rings is 2. The Morgan fingerprint density at radius 2 is 1.52 bits per heavy atom. The summed E-state index contributed by atoms with van der Waals surface area (Å²) in [5.41, 5.74) is 2.23. The first-order valence-corrected chi connectivity index (χ1v) is 14.3. The van der Waals surface area contributed by atoms with E-state index in [0.717, 1.165) is 28.8 Å². The number of hydrogen-bond acceptors (Lipinski definition) is 4. The molecule has 0 aliphatic rings. The van der Waals surface area contributed by atoms with Gasteiger partial charge in [-0.2, -0.15) is 13.2 Å². The van der Waals surface area contributed by atoms with Gasteiger partial charge in [0, 0.05) is 0 Å². The maximum Gasteiger partial charge on any atom is 0.416 e. The van der Waals surface area contributed by atoms with Crippen molar-refractivity contribution in [3.05, 3.63) is 64.2 Å². The van der Waals surface area contributed by atoms with Crippen LogP contribution in [0.5, 0.6) is 0 Å². The number of aryl methyl sites for hydroxylation is 3. The minimum absolute atomic E-state index is 0.121. The van der Waals surface area contributed by atoms with E-state index in [4.69, 9.17) is 9.05 Å². The summed E-state index contributed by atoms with van der Waals surface area (Å²) < 4.78 is 79.2. The molecule has 0 fully saturated rings. The molecule has 0 radical (unpaired) electrons. The Kier molecular flexibility index (Phi) is 10.1. The van der Waals surface area contributed by atoms with Crippen molar-refractivity contribution in [2.24, 2.45) is 0 Å². The van der Waals surface area contributed by atoms with Crippen LogP contribution in [0.1, 0.15) is 47.7 Å². The average Bonchev–Trinajstić information content (AvgIpc) is 2.70. The van der Waals surface area contributed by atoms with E-state index >= 15 is 0 Å². The minimum Gasteiger partial charge on any atom is -0.308 e. The molecule has 11 heteroatoms. The molecule has 1 unspecified atom stereocenters. The molecule has 2 aromatic rings. The molecule has 0 saturated carbocycles. The molecular formula is C22H28F3INO4PS. The Morgan fingerprint density at radius 3 is 1.94 bits per heavy atom. The van der Waals surface area contributed by atoms with Gasteiger partial charge in [-0.15, -0.1) is 0 Å². The molecule has 0 aliphatic carbocycles. The summed E-state index contributed by atoms with van der Waals surface area (Å²) in [6.45, 7) is 9.21. The highest BCUT2D eigenvalue weighted by atomic mass is 127. The fourth-order valence-corrected chi connectivity index (χ4v) is 8.44. The fraction of sp³-hybridized carbons (Fsp3) is 0.455. The van der Waals surface area contributed by atoms with Crippen LogP contribution in [-0.4, -0.2) is 21.1 Å². The van der Waals surface area contributed by atoms with Gasteiger partial charge in [-0.1, -0.05) is 52.4 Å². The summed E-state index contributed by atoms with van der Waals surface area (Å²) in [5.74, 6) is 0. The molecule has 0 aromatic heterocycles. The Bertz CT molecular complexity index is 1000. The van der Waals surface area contributed by atoms with E-state index in [9.17, 15) is 21.9 Å². The van der Waals surface area contributed by atoms with E-state index in [1.165, 1.54) is 12.1 Å². The highest BCUT2D eigenvalue weighted by Gasteiger charge is 2.41. The summed E-state index contributed by atoms with van der Waals surface area (Å²) in [6, 6.07) is 7.42. The Morgan fingerprint density at radius 1 is 1.03 bits per heavy atom. The topological polar surface area (TPSA) is 64.6 Å². The van der Waals surface area contributed by atoms with Gasteiger partial charge in [0.05, 0.1) is 29.7 Å². The average molecular weight is 617 g/mol. The lowest BCUT2D eigenvalue weighted by atomic mass is 10.1. The quantitative estimate of drug-likeness (QED) is 0.177. The maximum atomic E-state index is 13.5. The molecule has 0 bridgehead atoms. The van der Waals surface area contributed by atoms with Gasteiger partial charge in [0.25, 0.3) is 0 Å². The van der Waals surface area contributed by atoms with Gasteiger partial charge in [0.15, 0.2) is 0 Å². The monoisotopic (exact) mass is 617 g/mol. The molecule has 0 spiro atoms. The van der Waals surface area contributed by atoms with Gasteiger partial charge in [-0.3, -0.25) is 4.57 Å². The SMILES string of the molecule is CCOP(=O)(OCC)C(I)[C@H](N[S@@](=O)c1c(C)cc(C)cc1C)c1ccc(C(F)(F)F)cc1. The van der Waals surface area contributed by atoms with Crippen LogP contribution >= 0.6 is 30.2 Å². The second-order valence-electron chi connectivity index (χ2n) is 7.46. The zero-order valence-electron chi connectivity index (χ0n) is 19.0. The summed E-state index contributed by atoms with van der Waals surface area (Å²) >= 11 is 1.90. The van der Waals surface area contributed by atoms with Crippen LogP contribution in [0.25, 0.3) is 0 Å². The van der Waals surface area contributed by atoms with Crippen molar-refractivity contribution in [2.75, 3.05) is 13.2 Å². The summed E-state index contributed by atoms with van der Waals surface area (Å²) in [7, 11) is -5.43. The number of halogens is 4. The molecule has 0 aliphatic heterocycles. The van der Waals surface area contributed by atoms with Gasteiger partial charge in [0.1, 0.15) is 14.7 Å². The summed E-state index contributed by atoms with van der Waals surface area (Å²) in [5, 5.41) is 0. The van der Waals surface area contributed by atoms with Crippen molar-refractivity contribution in [1.82, 2.24) is 4.72 Å². The van der Waals surface area contributed by atoms with Crippen molar-refractivity contribution in [2.45, 2.75) is 55.4 Å². The van der Waals surface area contributed by atoms with Crippen LogP contribution in [0.2, 0.25) is 0 Å².